The first-order chi connectivity index (χ1) is 24.1. The quantitative estimate of drug-likeness (QED) is 0.261. The van der Waals surface area contributed by atoms with Crippen LogP contribution in [0.25, 0.3) is 10.9 Å². The lowest BCUT2D eigenvalue weighted by molar-refractivity contribution is -0.127. The zero-order valence-corrected chi connectivity index (χ0v) is 29.7. The molecule has 3 aliphatic rings. The number of fused-ring (bicyclic) bond motifs is 2. The lowest BCUT2D eigenvalue weighted by Gasteiger charge is -2.47. The molecule has 1 amide bonds. The minimum absolute atomic E-state index is 0.0670. The van der Waals surface area contributed by atoms with E-state index in [1.54, 1.807) is 55.8 Å². The molecule has 50 heavy (non-hydrogen) atoms. The number of hydrogen-bond donors (Lipinski definition) is 0. The number of para-hydroxylation sites is 1. The Bertz CT molecular complexity index is 2100. The van der Waals surface area contributed by atoms with Crippen LogP contribution < -0.4 is 13.8 Å². The van der Waals surface area contributed by atoms with Crippen LogP contribution in [0.15, 0.2) is 71.8 Å². The molecular weight excluding hydrogens is 653 g/mol. The first-order valence-corrected chi connectivity index (χ1v) is 18.6. The molecule has 0 bridgehead atoms. The van der Waals surface area contributed by atoms with Crippen LogP contribution >= 0.6 is 0 Å². The summed E-state index contributed by atoms with van der Waals surface area (Å²) in [4.78, 5) is 27.0. The van der Waals surface area contributed by atoms with Crippen molar-refractivity contribution in [3.63, 3.8) is 0 Å². The van der Waals surface area contributed by atoms with Gasteiger partial charge in [0.1, 0.15) is 16.4 Å². The van der Waals surface area contributed by atoms with Gasteiger partial charge in [0.15, 0.2) is 5.54 Å². The van der Waals surface area contributed by atoms with Gasteiger partial charge in [0, 0.05) is 68.0 Å². The van der Waals surface area contributed by atoms with Crippen molar-refractivity contribution in [1.29, 1.82) is 5.26 Å². The van der Waals surface area contributed by atoms with E-state index in [9.17, 15) is 5.26 Å². The van der Waals surface area contributed by atoms with Crippen molar-refractivity contribution in [2.45, 2.75) is 43.2 Å². The smallest absolute Gasteiger partial charge is 0.273 e. The minimum atomic E-state index is -4.53. The van der Waals surface area contributed by atoms with Crippen molar-refractivity contribution in [1.82, 2.24) is 19.7 Å². The number of sulfonamides is 1. The number of piperidine rings is 1. The number of carbonyl (C=O) groups is 1. The molecule has 2 fully saturated rings. The number of carbonyl (C=O) groups excluding carboxylic acids is 1. The first-order valence-electron chi connectivity index (χ1n) is 17.1. The van der Waals surface area contributed by atoms with Crippen molar-refractivity contribution in [3.8, 4) is 17.6 Å². The molecule has 1 unspecified atom stereocenters. The Morgan fingerprint density at radius 2 is 1.74 bits per heavy atom. The molecule has 7 rings (SSSR count). The number of amides is 1. The Morgan fingerprint density at radius 3 is 2.44 bits per heavy atom. The summed E-state index contributed by atoms with van der Waals surface area (Å²) in [5.41, 5.74) is 0.923. The maximum atomic E-state index is 15.7. The van der Waals surface area contributed by atoms with Crippen LogP contribution in [0.5, 0.6) is 11.5 Å². The summed E-state index contributed by atoms with van der Waals surface area (Å²) in [5, 5.41) is 10.8. The summed E-state index contributed by atoms with van der Waals surface area (Å²) in [5.74, 6) is 0.285. The molecule has 0 spiro atoms. The van der Waals surface area contributed by atoms with Gasteiger partial charge < -0.3 is 14.4 Å². The van der Waals surface area contributed by atoms with Gasteiger partial charge in [-0.25, -0.2) is 12.7 Å². The molecule has 3 aliphatic heterocycles. The highest BCUT2D eigenvalue weighted by atomic mass is 32.2. The number of pyridine rings is 1. The molecule has 260 valence electrons. The predicted octanol–water partition coefficient (Wildman–Crippen LogP) is 4.51. The van der Waals surface area contributed by atoms with Crippen LogP contribution in [0.2, 0.25) is 0 Å². The van der Waals surface area contributed by atoms with Crippen molar-refractivity contribution in [2.24, 2.45) is 0 Å². The van der Waals surface area contributed by atoms with E-state index in [1.807, 2.05) is 26.0 Å². The normalized spacial score (nSPS) is 20.9. The van der Waals surface area contributed by atoms with Crippen LogP contribution in [0.1, 0.15) is 42.0 Å². The topological polar surface area (TPSA) is 119 Å². The van der Waals surface area contributed by atoms with E-state index >= 15 is 13.2 Å². The van der Waals surface area contributed by atoms with Gasteiger partial charge in [-0.05, 0) is 87.8 Å². The molecule has 0 aliphatic carbocycles. The fourth-order valence-electron chi connectivity index (χ4n) is 7.97. The van der Waals surface area contributed by atoms with E-state index in [0.717, 1.165) is 48.9 Å². The molecule has 4 aromatic rings. The van der Waals surface area contributed by atoms with Gasteiger partial charge >= 0.3 is 0 Å². The largest absolute Gasteiger partial charge is 0.497 e. The zero-order valence-electron chi connectivity index (χ0n) is 28.9. The SMILES string of the molecule is CCOc1ccc(OC)cc1C1(N2CCC(N3CCN(C)CC3)CC2)C(=O)N(S(=O)(=O)c2cccc3c(C)ccnc23)c2ccc(C#N)cc21. The molecule has 11 nitrogen and oxygen atoms in total. The monoisotopic (exact) mass is 694 g/mol. The highest BCUT2D eigenvalue weighted by Crippen LogP contribution is 2.54. The number of rotatable bonds is 8. The number of hydrogen-bond acceptors (Lipinski definition) is 10. The fourth-order valence-corrected chi connectivity index (χ4v) is 9.59. The van der Waals surface area contributed by atoms with E-state index in [-0.39, 0.29) is 16.1 Å². The van der Waals surface area contributed by atoms with Gasteiger partial charge in [-0.15, -0.1) is 0 Å². The highest BCUT2D eigenvalue weighted by Gasteiger charge is 2.61. The van der Waals surface area contributed by atoms with Crippen LogP contribution in [-0.2, 0) is 20.4 Å². The maximum absolute atomic E-state index is 15.7. The second-order valence-electron chi connectivity index (χ2n) is 13.3. The average molecular weight is 695 g/mol. The third kappa shape index (κ3) is 5.40. The van der Waals surface area contributed by atoms with Gasteiger partial charge in [-0.1, -0.05) is 12.1 Å². The Hall–Kier alpha value is -4.54. The minimum Gasteiger partial charge on any atom is -0.497 e. The van der Waals surface area contributed by atoms with E-state index < -0.39 is 21.5 Å². The van der Waals surface area contributed by atoms with Gasteiger partial charge in [-0.3, -0.25) is 19.6 Å². The van der Waals surface area contributed by atoms with E-state index in [0.29, 0.717) is 59.3 Å². The van der Waals surface area contributed by atoms with Crippen molar-refractivity contribution in [3.05, 3.63) is 89.1 Å². The third-order valence-corrected chi connectivity index (χ3v) is 12.3. The molecule has 2 saturated heterocycles. The number of piperazine rings is 1. The average Bonchev–Trinajstić information content (AvgIpc) is 3.40. The Kier molecular flexibility index (Phi) is 9.03. The summed E-state index contributed by atoms with van der Waals surface area (Å²) in [7, 11) is -0.835. The summed E-state index contributed by atoms with van der Waals surface area (Å²) >= 11 is 0. The Labute approximate surface area is 293 Å². The number of aromatic nitrogens is 1. The van der Waals surface area contributed by atoms with E-state index in [4.69, 9.17) is 9.47 Å². The molecule has 1 aromatic heterocycles. The molecular formula is C38H42N6O5S. The Balaban J connectivity index is 1.44. The summed E-state index contributed by atoms with van der Waals surface area (Å²) in [6.45, 7) is 9.09. The zero-order chi connectivity index (χ0) is 35.2. The number of ether oxygens (including phenoxy) is 2. The van der Waals surface area contributed by atoms with Gasteiger partial charge in [-0.2, -0.15) is 5.26 Å². The van der Waals surface area contributed by atoms with Crippen molar-refractivity contribution >= 4 is 32.5 Å². The molecule has 0 N–H and O–H groups in total. The molecule has 4 heterocycles. The van der Waals surface area contributed by atoms with Crippen LogP contribution in [0.3, 0.4) is 0 Å². The first kappa shape index (κ1) is 33.9. The van der Waals surface area contributed by atoms with Gasteiger partial charge in [0.2, 0.25) is 0 Å². The van der Waals surface area contributed by atoms with Crippen LogP contribution in [-0.4, -0.2) is 100 Å². The standard InChI is InChI=1S/C38H42N6O5S/c1-5-49-34-12-10-29(48-4)24-32(34)38(43-17-14-28(15-18-43)42-21-19-41(3)20-22-42)31-23-27(25-39)9-11-33(31)44(37(38)45)50(46,47)35-8-6-7-30-26(2)13-16-40-36(30)35/h6-13,16,23-24,28H,5,14-15,17-22H2,1-4H3. The number of nitrogens with zero attached hydrogens (tertiary/aromatic N) is 6. The lowest BCUT2D eigenvalue weighted by Crippen LogP contribution is -2.59. The summed E-state index contributed by atoms with van der Waals surface area (Å²) in [6, 6.07) is 19.5. The van der Waals surface area contributed by atoms with E-state index in [2.05, 4.69) is 32.8 Å². The van der Waals surface area contributed by atoms with Gasteiger partial charge in [0.05, 0.1) is 36.6 Å². The fraction of sp³-hybridized carbons (Fsp3) is 0.395. The Morgan fingerprint density at radius 1 is 0.980 bits per heavy atom. The lowest BCUT2D eigenvalue weighted by atomic mass is 9.79. The molecule has 1 atom stereocenters. The number of likely N-dealkylation sites (N-methyl/N-ethyl adjacent to an activating group) is 1. The van der Waals surface area contributed by atoms with E-state index in [1.165, 1.54) is 6.07 Å². The van der Waals surface area contributed by atoms with Crippen LogP contribution in [0, 0.1) is 18.3 Å². The summed E-state index contributed by atoms with van der Waals surface area (Å²) in [6.07, 6.45) is 3.16. The molecule has 3 aromatic carbocycles. The summed E-state index contributed by atoms with van der Waals surface area (Å²) < 4.78 is 42.9. The highest BCUT2D eigenvalue weighted by molar-refractivity contribution is 7.93. The second kappa shape index (κ2) is 13.3. The number of nitriles is 1. The molecule has 0 saturated carbocycles. The number of aryl methyl sites for hydroxylation is 1. The molecule has 12 heteroatoms. The predicted molar refractivity (Wildman–Crippen MR) is 191 cm³/mol. The second-order valence-corrected chi connectivity index (χ2v) is 15.0. The number of anilines is 1. The van der Waals surface area contributed by atoms with Crippen molar-refractivity contribution in [2.75, 3.05) is 64.3 Å². The third-order valence-electron chi connectivity index (χ3n) is 10.6. The van der Waals surface area contributed by atoms with Gasteiger partial charge in [0.25, 0.3) is 15.9 Å². The maximum Gasteiger partial charge on any atom is 0.273 e. The number of likely N-dealkylation sites (tertiary alicyclic amines) is 1. The molecule has 0 radical (unpaired) electrons. The number of benzene rings is 3. The number of methoxy groups -OCH3 is 1. The van der Waals surface area contributed by atoms with Crippen LogP contribution in [0.4, 0.5) is 5.69 Å². The van der Waals surface area contributed by atoms with Crippen molar-refractivity contribution < 1.29 is 22.7 Å².